The lowest BCUT2D eigenvalue weighted by molar-refractivity contribution is 0.263. The van der Waals surface area contributed by atoms with E-state index >= 15 is 0 Å². The van der Waals surface area contributed by atoms with Gasteiger partial charge in [0.2, 0.25) is 0 Å². The zero-order chi connectivity index (χ0) is 10.7. The SMILES string of the molecule is CNC(CC1CCC1)c1ccccc1F. The topological polar surface area (TPSA) is 12.0 Å². The summed E-state index contributed by atoms with van der Waals surface area (Å²) in [5.74, 6) is 0.707. The van der Waals surface area contributed by atoms with Gasteiger partial charge in [-0.25, -0.2) is 4.39 Å². The molecule has 1 aliphatic carbocycles. The summed E-state index contributed by atoms with van der Waals surface area (Å²) in [5, 5.41) is 3.22. The average Bonchev–Trinajstić information content (AvgIpc) is 2.19. The predicted molar refractivity (Wildman–Crippen MR) is 60.2 cm³/mol. The van der Waals surface area contributed by atoms with E-state index < -0.39 is 0 Å². The first kappa shape index (κ1) is 10.6. The second-order valence-electron chi connectivity index (χ2n) is 4.40. The molecule has 1 atom stereocenters. The number of nitrogens with one attached hydrogen (secondary N) is 1. The Balaban J connectivity index is 2.07. The fraction of sp³-hybridized carbons (Fsp3) is 0.538. The Morgan fingerprint density at radius 3 is 2.67 bits per heavy atom. The molecule has 0 bridgehead atoms. The van der Waals surface area contributed by atoms with Crippen molar-refractivity contribution in [2.24, 2.45) is 5.92 Å². The zero-order valence-corrected chi connectivity index (χ0v) is 9.17. The largest absolute Gasteiger partial charge is 0.313 e. The average molecular weight is 207 g/mol. The minimum atomic E-state index is -0.0869. The van der Waals surface area contributed by atoms with Crippen molar-refractivity contribution in [2.75, 3.05) is 7.05 Å². The Morgan fingerprint density at radius 2 is 2.13 bits per heavy atom. The van der Waals surface area contributed by atoms with E-state index in [4.69, 9.17) is 0 Å². The molecule has 1 aromatic rings. The van der Waals surface area contributed by atoms with Gasteiger partial charge in [-0.1, -0.05) is 37.5 Å². The van der Waals surface area contributed by atoms with Crippen molar-refractivity contribution >= 4 is 0 Å². The highest BCUT2D eigenvalue weighted by molar-refractivity contribution is 5.21. The monoisotopic (exact) mass is 207 g/mol. The molecule has 0 amide bonds. The fourth-order valence-corrected chi connectivity index (χ4v) is 2.22. The van der Waals surface area contributed by atoms with E-state index in [0.717, 1.165) is 17.9 Å². The quantitative estimate of drug-likeness (QED) is 0.799. The molecule has 0 saturated heterocycles. The molecule has 0 spiro atoms. The van der Waals surface area contributed by atoms with Crippen molar-refractivity contribution in [3.8, 4) is 0 Å². The van der Waals surface area contributed by atoms with Gasteiger partial charge in [-0.2, -0.15) is 0 Å². The molecule has 1 aliphatic rings. The van der Waals surface area contributed by atoms with Gasteiger partial charge in [-0.15, -0.1) is 0 Å². The molecule has 2 heteroatoms. The maximum absolute atomic E-state index is 13.6. The molecule has 1 unspecified atom stereocenters. The third-order valence-electron chi connectivity index (χ3n) is 3.42. The van der Waals surface area contributed by atoms with Gasteiger partial charge < -0.3 is 5.32 Å². The van der Waals surface area contributed by atoms with Crippen LogP contribution in [-0.4, -0.2) is 7.05 Å². The summed E-state index contributed by atoms with van der Waals surface area (Å²) in [6.45, 7) is 0. The van der Waals surface area contributed by atoms with Gasteiger partial charge in [0.1, 0.15) is 5.82 Å². The lowest BCUT2D eigenvalue weighted by Gasteiger charge is -2.29. The van der Waals surface area contributed by atoms with Gasteiger partial charge in [-0.3, -0.25) is 0 Å². The normalized spacial score (nSPS) is 18.5. The Morgan fingerprint density at radius 1 is 1.40 bits per heavy atom. The fourth-order valence-electron chi connectivity index (χ4n) is 2.22. The lowest BCUT2D eigenvalue weighted by Crippen LogP contribution is -2.23. The molecule has 1 N–H and O–H groups in total. The number of halogens is 1. The maximum Gasteiger partial charge on any atom is 0.127 e. The van der Waals surface area contributed by atoms with Gasteiger partial charge in [-0.05, 0) is 25.5 Å². The summed E-state index contributed by atoms with van der Waals surface area (Å²) in [5.41, 5.74) is 0.812. The van der Waals surface area contributed by atoms with Crippen LogP contribution in [-0.2, 0) is 0 Å². The zero-order valence-electron chi connectivity index (χ0n) is 9.17. The summed E-state index contributed by atoms with van der Waals surface area (Å²) in [4.78, 5) is 0. The molecule has 0 heterocycles. The van der Waals surface area contributed by atoms with Crippen molar-refractivity contribution in [1.29, 1.82) is 0 Å². The second-order valence-corrected chi connectivity index (χ2v) is 4.40. The molecule has 15 heavy (non-hydrogen) atoms. The third-order valence-corrected chi connectivity index (χ3v) is 3.42. The van der Waals surface area contributed by atoms with Gasteiger partial charge in [0.25, 0.3) is 0 Å². The van der Waals surface area contributed by atoms with Crippen molar-refractivity contribution in [3.63, 3.8) is 0 Å². The Kier molecular flexibility index (Phi) is 3.37. The summed E-state index contributed by atoms with van der Waals surface area (Å²) in [7, 11) is 1.91. The van der Waals surface area contributed by atoms with Crippen molar-refractivity contribution < 1.29 is 4.39 Å². The van der Waals surface area contributed by atoms with E-state index in [2.05, 4.69) is 5.32 Å². The van der Waals surface area contributed by atoms with Crippen LogP contribution in [0, 0.1) is 11.7 Å². The van der Waals surface area contributed by atoms with Crippen molar-refractivity contribution in [2.45, 2.75) is 31.7 Å². The third kappa shape index (κ3) is 2.37. The van der Waals surface area contributed by atoms with Crippen LogP contribution in [0.25, 0.3) is 0 Å². The van der Waals surface area contributed by atoms with Crippen LogP contribution in [0.2, 0.25) is 0 Å². The molecule has 82 valence electrons. The smallest absolute Gasteiger partial charge is 0.127 e. The number of hydrogen-bond donors (Lipinski definition) is 1. The summed E-state index contributed by atoms with van der Waals surface area (Å²) >= 11 is 0. The highest BCUT2D eigenvalue weighted by Crippen LogP contribution is 2.35. The first-order chi connectivity index (χ1) is 7.31. The first-order valence-corrected chi connectivity index (χ1v) is 5.73. The number of hydrogen-bond acceptors (Lipinski definition) is 1. The molecule has 1 fully saturated rings. The van der Waals surface area contributed by atoms with Gasteiger partial charge >= 0.3 is 0 Å². The van der Waals surface area contributed by atoms with E-state index in [-0.39, 0.29) is 11.9 Å². The van der Waals surface area contributed by atoms with E-state index in [1.165, 1.54) is 19.3 Å². The van der Waals surface area contributed by atoms with Crippen LogP contribution in [0.1, 0.15) is 37.3 Å². The van der Waals surface area contributed by atoms with Crippen molar-refractivity contribution in [3.05, 3.63) is 35.6 Å². The van der Waals surface area contributed by atoms with Crippen LogP contribution in [0.15, 0.2) is 24.3 Å². The summed E-state index contributed by atoms with van der Waals surface area (Å²) in [6, 6.07) is 7.25. The maximum atomic E-state index is 13.6. The van der Waals surface area contributed by atoms with E-state index in [0.29, 0.717) is 0 Å². The summed E-state index contributed by atoms with van der Waals surface area (Å²) < 4.78 is 13.6. The molecule has 2 rings (SSSR count). The molecule has 1 nitrogen and oxygen atoms in total. The van der Waals surface area contributed by atoms with Crippen LogP contribution in [0.4, 0.5) is 4.39 Å². The molecule has 1 saturated carbocycles. The number of benzene rings is 1. The van der Waals surface area contributed by atoms with Crippen LogP contribution in [0.5, 0.6) is 0 Å². The van der Waals surface area contributed by atoms with Gasteiger partial charge in [0.15, 0.2) is 0 Å². The Hall–Kier alpha value is -0.890. The van der Waals surface area contributed by atoms with E-state index in [9.17, 15) is 4.39 Å². The molecule has 0 radical (unpaired) electrons. The Labute approximate surface area is 90.7 Å². The molecular formula is C13H18FN. The van der Waals surface area contributed by atoms with Crippen LogP contribution >= 0.6 is 0 Å². The number of rotatable bonds is 4. The van der Waals surface area contributed by atoms with Crippen LogP contribution in [0.3, 0.4) is 0 Å². The minimum Gasteiger partial charge on any atom is -0.313 e. The van der Waals surface area contributed by atoms with Gasteiger partial charge in [0.05, 0.1) is 0 Å². The molecule has 0 aliphatic heterocycles. The highest BCUT2D eigenvalue weighted by atomic mass is 19.1. The summed E-state index contributed by atoms with van der Waals surface area (Å²) in [6.07, 6.45) is 5.04. The molecule has 1 aromatic carbocycles. The van der Waals surface area contributed by atoms with Crippen LogP contribution < -0.4 is 5.32 Å². The standard InChI is InChI=1S/C13H18FN/c1-15-13(9-10-5-4-6-10)11-7-2-3-8-12(11)14/h2-3,7-8,10,13,15H,4-6,9H2,1H3. The van der Waals surface area contributed by atoms with Gasteiger partial charge in [0, 0.05) is 11.6 Å². The highest BCUT2D eigenvalue weighted by Gasteiger charge is 2.23. The predicted octanol–water partition coefficient (Wildman–Crippen LogP) is 3.28. The van der Waals surface area contributed by atoms with E-state index in [1.807, 2.05) is 19.2 Å². The molecule has 0 aromatic heterocycles. The second kappa shape index (κ2) is 4.75. The Bertz CT molecular complexity index is 320. The lowest BCUT2D eigenvalue weighted by atomic mass is 9.79. The van der Waals surface area contributed by atoms with Crippen molar-refractivity contribution in [1.82, 2.24) is 5.32 Å². The van der Waals surface area contributed by atoms with E-state index in [1.54, 1.807) is 12.1 Å². The molecular weight excluding hydrogens is 189 g/mol. The first-order valence-electron chi connectivity index (χ1n) is 5.73. The minimum absolute atomic E-state index is 0.0869.